The number of nitrogens with zero attached hydrogens (tertiary/aromatic N) is 2. The molecule has 0 spiro atoms. The number of rotatable bonds is 6. The summed E-state index contributed by atoms with van der Waals surface area (Å²) in [6.45, 7) is 5.35. The van der Waals surface area contributed by atoms with Crippen LogP contribution >= 0.6 is 0 Å². The molecule has 1 saturated heterocycles. The standard InChI is InChI=1S/C15H24N2O2/c1-16(10-11-17-8-3-4-9-17)12-13-6-5-7-14(19-2)15(13)18/h5-7,18H,3-4,8-12H2,1-2H3. The highest BCUT2D eigenvalue weighted by Gasteiger charge is 2.13. The van der Waals surface area contributed by atoms with Gasteiger partial charge in [0.2, 0.25) is 0 Å². The van der Waals surface area contributed by atoms with Crippen LogP contribution in [0.1, 0.15) is 18.4 Å². The Labute approximate surface area is 115 Å². The lowest BCUT2D eigenvalue weighted by molar-refractivity contribution is 0.249. The predicted octanol–water partition coefficient (Wildman–Crippen LogP) is 1.93. The number of para-hydroxylation sites is 1. The van der Waals surface area contributed by atoms with Crippen LogP contribution in [0.3, 0.4) is 0 Å². The largest absolute Gasteiger partial charge is 0.504 e. The van der Waals surface area contributed by atoms with Crippen molar-refractivity contribution in [2.24, 2.45) is 0 Å². The molecule has 1 aliphatic heterocycles. The van der Waals surface area contributed by atoms with Gasteiger partial charge in [0.05, 0.1) is 7.11 Å². The van der Waals surface area contributed by atoms with E-state index in [1.165, 1.54) is 25.9 Å². The van der Waals surface area contributed by atoms with Gasteiger partial charge in [-0.25, -0.2) is 0 Å². The molecule has 1 aliphatic rings. The molecule has 1 aromatic rings. The van der Waals surface area contributed by atoms with Gasteiger partial charge >= 0.3 is 0 Å². The van der Waals surface area contributed by atoms with Crippen molar-refractivity contribution >= 4 is 0 Å². The van der Waals surface area contributed by atoms with Gasteiger partial charge < -0.3 is 19.6 Å². The SMILES string of the molecule is COc1cccc(CN(C)CCN2CCCC2)c1O. The number of phenols is 1. The van der Waals surface area contributed by atoms with Crippen molar-refractivity contribution in [1.82, 2.24) is 9.80 Å². The monoisotopic (exact) mass is 264 g/mol. The highest BCUT2D eigenvalue weighted by Crippen LogP contribution is 2.29. The predicted molar refractivity (Wildman–Crippen MR) is 76.7 cm³/mol. The number of benzene rings is 1. The number of methoxy groups -OCH3 is 1. The molecule has 4 nitrogen and oxygen atoms in total. The first kappa shape index (κ1) is 14.2. The van der Waals surface area contributed by atoms with E-state index >= 15 is 0 Å². The molecule has 0 aromatic heterocycles. The fourth-order valence-electron chi connectivity index (χ4n) is 2.55. The molecule has 0 saturated carbocycles. The summed E-state index contributed by atoms with van der Waals surface area (Å²) in [5, 5.41) is 10.1. The Morgan fingerprint density at radius 2 is 2.05 bits per heavy atom. The van der Waals surface area contributed by atoms with E-state index in [2.05, 4.69) is 16.8 Å². The van der Waals surface area contributed by atoms with Crippen LogP contribution in [0.4, 0.5) is 0 Å². The molecule has 0 aliphatic carbocycles. The first-order chi connectivity index (χ1) is 9.20. The summed E-state index contributed by atoms with van der Waals surface area (Å²) < 4.78 is 5.13. The van der Waals surface area contributed by atoms with Crippen LogP contribution in [-0.4, -0.2) is 55.2 Å². The van der Waals surface area contributed by atoms with Crippen LogP contribution in [-0.2, 0) is 6.54 Å². The summed E-state index contributed by atoms with van der Waals surface area (Å²) in [4.78, 5) is 4.74. The fourth-order valence-corrected chi connectivity index (χ4v) is 2.55. The molecule has 106 valence electrons. The van der Waals surface area contributed by atoms with Gasteiger partial charge in [0, 0.05) is 25.2 Å². The van der Waals surface area contributed by atoms with E-state index in [1.54, 1.807) is 13.2 Å². The lowest BCUT2D eigenvalue weighted by Crippen LogP contribution is -2.31. The second-order valence-electron chi connectivity index (χ2n) is 5.25. The quantitative estimate of drug-likeness (QED) is 0.851. The summed E-state index contributed by atoms with van der Waals surface area (Å²) in [6.07, 6.45) is 2.67. The third-order valence-electron chi connectivity index (χ3n) is 3.74. The minimum absolute atomic E-state index is 0.262. The molecule has 4 heteroatoms. The van der Waals surface area contributed by atoms with Crippen LogP contribution in [0.25, 0.3) is 0 Å². The molecule has 1 fully saturated rings. The van der Waals surface area contributed by atoms with Gasteiger partial charge in [-0.05, 0) is 39.0 Å². The second kappa shape index (κ2) is 6.78. The van der Waals surface area contributed by atoms with Crippen LogP contribution < -0.4 is 4.74 Å². The second-order valence-corrected chi connectivity index (χ2v) is 5.25. The van der Waals surface area contributed by atoms with E-state index in [9.17, 15) is 5.11 Å². The normalized spacial score (nSPS) is 16.2. The minimum Gasteiger partial charge on any atom is -0.504 e. The lowest BCUT2D eigenvalue weighted by atomic mass is 10.1. The van der Waals surface area contributed by atoms with Gasteiger partial charge in [-0.3, -0.25) is 0 Å². The molecule has 1 aromatic carbocycles. The topological polar surface area (TPSA) is 35.9 Å². The van der Waals surface area contributed by atoms with Gasteiger partial charge in [-0.15, -0.1) is 0 Å². The van der Waals surface area contributed by atoms with Crippen molar-refractivity contribution in [3.8, 4) is 11.5 Å². The van der Waals surface area contributed by atoms with Crippen molar-refractivity contribution in [1.29, 1.82) is 0 Å². The number of likely N-dealkylation sites (tertiary alicyclic amines) is 1. The number of likely N-dealkylation sites (N-methyl/N-ethyl adjacent to an activating group) is 1. The van der Waals surface area contributed by atoms with Crippen molar-refractivity contribution in [3.05, 3.63) is 23.8 Å². The Bertz CT molecular complexity index is 403. The van der Waals surface area contributed by atoms with E-state index in [0.717, 1.165) is 25.2 Å². The van der Waals surface area contributed by atoms with Crippen molar-refractivity contribution < 1.29 is 9.84 Å². The zero-order valence-corrected chi connectivity index (χ0v) is 11.9. The Morgan fingerprint density at radius 1 is 1.32 bits per heavy atom. The first-order valence-electron chi connectivity index (χ1n) is 6.96. The molecular weight excluding hydrogens is 240 g/mol. The van der Waals surface area contributed by atoms with Gasteiger partial charge in [0.15, 0.2) is 11.5 Å². The zero-order valence-electron chi connectivity index (χ0n) is 11.9. The smallest absolute Gasteiger partial charge is 0.162 e. The Hall–Kier alpha value is -1.26. The molecule has 1 N–H and O–H groups in total. The van der Waals surface area contributed by atoms with Crippen LogP contribution in [0.2, 0.25) is 0 Å². The Balaban J connectivity index is 1.85. The highest BCUT2D eigenvalue weighted by molar-refractivity contribution is 5.45. The summed E-state index contributed by atoms with van der Waals surface area (Å²) in [6, 6.07) is 5.65. The maximum atomic E-state index is 10.1. The van der Waals surface area contributed by atoms with E-state index < -0.39 is 0 Å². The molecule has 2 rings (SSSR count). The molecule has 0 radical (unpaired) electrons. The van der Waals surface area contributed by atoms with Crippen LogP contribution in [0, 0.1) is 0 Å². The lowest BCUT2D eigenvalue weighted by Gasteiger charge is -2.22. The number of hydrogen-bond acceptors (Lipinski definition) is 4. The average Bonchev–Trinajstić information content (AvgIpc) is 2.92. The fraction of sp³-hybridized carbons (Fsp3) is 0.600. The summed E-state index contributed by atoms with van der Waals surface area (Å²) >= 11 is 0. The molecule has 1 heterocycles. The van der Waals surface area contributed by atoms with Gasteiger partial charge in [0.25, 0.3) is 0 Å². The van der Waals surface area contributed by atoms with E-state index in [0.29, 0.717) is 5.75 Å². The Morgan fingerprint density at radius 3 is 2.74 bits per heavy atom. The molecule has 0 atom stereocenters. The van der Waals surface area contributed by atoms with Gasteiger partial charge in [-0.2, -0.15) is 0 Å². The number of hydrogen-bond donors (Lipinski definition) is 1. The summed E-state index contributed by atoms with van der Waals surface area (Å²) in [7, 11) is 3.67. The third kappa shape index (κ3) is 3.85. The van der Waals surface area contributed by atoms with Crippen LogP contribution in [0.5, 0.6) is 11.5 Å². The number of phenolic OH excluding ortho intramolecular Hbond substituents is 1. The number of aromatic hydroxyl groups is 1. The van der Waals surface area contributed by atoms with Crippen molar-refractivity contribution in [2.75, 3.05) is 40.3 Å². The summed E-state index contributed by atoms with van der Waals surface area (Å²) in [5.41, 5.74) is 0.920. The highest BCUT2D eigenvalue weighted by atomic mass is 16.5. The molecule has 0 amide bonds. The Kier molecular flexibility index (Phi) is 5.05. The summed E-state index contributed by atoms with van der Waals surface area (Å²) in [5.74, 6) is 0.809. The van der Waals surface area contributed by atoms with Gasteiger partial charge in [-0.1, -0.05) is 12.1 Å². The van der Waals surface area contributed by atoms with E-state index in [1.807, 2.05) is 12.1 Å². The van der Waals surface area contributed by atoms with E-state index in [4.69, 9.17) is 4.74 Å². The molecule has 19 heavy (non-hydrogen) atoms. The van der Waals surface area contributed by atoms with E-state index in [-0.39, 0.29) is 5.75 Å². The molecule has 0 unspecified atom stereocenters. The maximum Gasteiger partial charge on any atom is 0.162 e. The van der Waals surface area contributed by atoms with Gasteiger partial charge in [0.1, 0.15) is 0 Å². The van der Waals surface area contributed by atoms with Crippen LogP contribution in [0.15, 0.2) is 18.2 Å². The average molecular weight is 264 g/mol. The third-order valence-corrected chi connectivity index (χ3v) is 3.74. The van der Waals surface area contributed by atoms with Crippen molar-refractivity contribution in [3.63, 3.8) is 0 Å². The maximum absolute atomic E-state index is 10.1. The van der Waals surface area contributed by atoms with Crippen molar-refractivity contribution in [2.45, 2.75) is 19.4 Å². The zero-order chi connectivity index (χ0) is 13.7. The first-order valence-corrected chi connectivity index (χ1v) is 6.96. The molecule has 0 bridgehead atoms. The minimum atomic E-state index is 0.262. The molecular formula is C15H24N2O2. The number of ether oxygens (including phenoxy) is 1.